The maximum Gasteiger partial charge on any atom is 0.569 e. The summed E-state index contributed by atoms with van der Waals surface area (Å²) in [6.07, 6.45) is 0. The van der Waals surface area contributed by atoms with Crippen molar-refractivity contribution in [2.45, 2.75) is 0 Å². The number of anilines is 1. The molecular weight excluding hydrogens is 173 g/mol. The van der Waals surface area contributed by atoms with Crippen LogP contribution >= 0.6 is 0 Å². The average molecular weight is 180 g/mol. The average Bonchev–Trinajstić information content (AvgIpc) is 2.03. The van der Waals surface area contributed by atoms with Crippen molar-refractivity contribution in [2.75, 3.05) is 5.73 Å². The molecule has 1 aromatic carbocycles. The van der Waals surface area contributed by atoms with Crippen LogP contribution in [0.3, 0.4) is 0 Å². The van der Waals surface area contributed by atoms with Crippen LogP contribution in [0, 0.1) is 0 Å². The van der Waals surface area contributed by atoms with E-state index in [1.807, 2.05) is 0 Å². The van der Waals surface area contributed by atoms with E-state index in [9.17, 15) is 4.79 Å². The molecule has 0 aliphatic carbocycles. The molecule has 13 heavy (non-hydrogen) atoms. The monoisotopic (exact) mass is 180 g/mol. The van der Waals surface area contributed by atoms with Gasteiger partial charge in [0.2, 0.25) is 0 Å². The SMILES string of the molecule is Nc1cc(O[B]O)cc(C(=O)O)c1. The lowest BCUT2D eigenvalue weighted by atomic mass is 10.2. The van der Waals surface area contributed by atoms with E-state index in [0.717, 1.165) is 0 Å². The van der Waals surface area contributed by atoms with Crippen molar-refractivity contribution < 1.29 is 19.6 Å². The van der Waals surface area contributed by atoms with Crippen molar-refractivity contribution >= 4 is 19.3 Å². The fourth-order valence-corrected chi connectivity index (χ4v) is 0.874. The van der Waals surface area contributed by atoms with Gasteiger partial charge in [-0.25, -0.2) is 4.79 Å². The molecule has 0 aliphatic rings. The van der Waals surface area contributed by atoms with Crippen LogP contribution in [0.2, 0.25) is 0 Å². The van der Waals surface area contributed by atoms with Crippen LogP contribution in [0.5, 0.6) is 5.75 Å². The summed E-state index contributed by atoms with van der Waals surface area (Å²) in [4.78, 5) is 10.5. The summed E-state index contributed by atoms with van der Waals surface area (Å²) >= 11 is 0. The quantitative estimate of drug-likeness (QED) is 0.445. The summed E-state index contributed by atoms with van der Waals surface area (Å²) in [7, 11) is 0.459. The number of carboxylic acids is 1. The van der Waals surface area contributed by atoms with Gasteiger partial charge in [0.25, 0.3) is 0 Å². The Morgan fingerprint density at radius 1 is 1.46 bits per heavy atom. The molecule has 0 aromatic heterocycles. The van der Waals surface area contributed by atoms with Gasteiger partial charge >= 0.3 is 13.7 Å². The summed E-state index contributed by atoms with van der Waals surface area (Å²) in [6, 6.07) is 3.96. The zero-order chi connectivity index (χ0) is 9.84. The minimum atomic E-state index is -1.10. The molecule has 4 N–H and O–H groups in total. The van der Waals surface area contributed by atoms with Gasteiger partial charge in [-0.1, -0.05) is 0 Å². The van der Waals surface area contributed by atoms with Gasteiger partial charge in [-0.05, 0) is 12.1 Å². The van der Waals surface area contributed by atoms with E-state index in [2.05, 4.69) is 4.65 Å². The first kappa shape index (κ1) is 9.40. The maximum atomic E-state index is 10.5. The fraction of sp³-hybridized carbons (Fsp3) is 0. The number of hydrogen-bond donors (Lipinski definition) is 3. The lowest BCUT2D eigenvalue weighted by molar-refractivity contribution is 0.0696. The second-order valence-electron chi connectivity index (χ2n) is 2.32. The van der Waals surface area contributed by atoms with E-state index in [0.29, 0.717) is 7.69 Å². The fourth-order valence-electron chi connectivity index (χ4n) is 0.874. The van der Waals surface area contributed by atoms with E-state index < -0.39 is 5.97 Å². The molecule has 1 rings (SSSR count). The Bertz CT molecular complexity index is 328. The molecule has 5 nitrogen and oxygen atoms in total. The van der Waals surface area contributed by atoms with Crippen LogP contribution in [0.25, 0.3) is 0 Å². The molecule has 0 fully saturated rings. The predicted octanol–water partition coefficient (Wildman–Crippen LogP) is -0.128. The molecule has 0 atom stereocenters. The Morgan fingerprint density at radius 2 is 2.15 bits per heavy atom. The van der Waals surface area contributed by atoms with Crippen LogP contribution in [-0.4, -0.2) is 23.8 Å². The number of hydrogen-bond acceptors (Lipinski definition) is 4. The second-order valence-corrected chi connectivity index (χ2v) is 2.32. The number of rotatable bonds is 3. The molecule has 0 spiro atoms. The Balaban J connectivity index is 3.03. The molecule has 6 heteroatoms. The van der Waals surface area contributed by atoms with Gasteiger partial charge < -0.3 is 20.5 Å². The van der Waals surface area contributed by atoms with Gasteiger partial charge in [0.1, 0.15) is 5.75 Å². The lowest BCUT2D eigenvalue weighted by Crippen LogP contribution is -2.03. The molecule has 0 aliphatic heterocycles. The van der Waals surface area contributed by atoms with Gasteiger partial charge in [0.15, 0.2) is 0 Å². The molecule has 0 heterocycles. The highest BCUT2D eigenvalue weighted by Gasteiger charge is 2.06. The molecule has 0 unspecified atom stereocenters. The number of carboxylic acid groups (broad SMARTS) is 1. The van der Waals surface area contributed by atoms with E-state index in [-0.39, 0.29) is 17.0 Å². The Labute approximate surface area is 75.1 Å². The topological polar surface area (TPSA) is 92.8 Å². The lowest BCUT2D eigenvalue weighted by Gasteiger charge is -2.04. The summed E-state index contributed by atoms with van der Waals surface area (Å²) < 4.78 is 4.56. The third-order valence-corrected chi connectivity index (χ3v) is 1.36. The van der Waals surface area contributed by atoms with Crippen LogP contribution in [0.1, 0.15) is 10.4 Å². The van der Waals surface area contributed by atoms with Crippen molar-refractivity contribution in [2.24, 2.45) is 0 Å². The minimum absolute atomic E-state index is 0.0110. The van der Waals surface area contributed by atoms with Gasteiger partial charge in [-0.15, -0.1) is 0 Å². The minimum Gasteiger partial charge on any atom is -0.537 e. The van der Waals surface area contributed by atoms with E-state index in [1.165, 1.54) is 18.2 Å². The first-order valence-corrected chi connectivity index (χ1v) is 3.40. The van der Waals surface area contributed by atoms with Gasteiger partial charge in [-0.2, -0.15) is 0 Å². The van der Waals surface area contributed by atoms with Crippen molar-refractivity contribution in [3.8, 4) is 5.75 Å². The number of nitrogen functional groups attached to an aromatic ring is 1. The third kappa shape index (κ3) is 2.38. The molecule has 1 radical (unpaired) electrons. The zero-order valence-electron chi connectivity index (χ0n) is 6.60. The number of carbonyl (C=O) groups is 1. The third-order valence-electron chi connectivity index (χ3n) is 1.36. The van der Waals surface area contributed by atoms with Gasteiger partial charge in [-0.3, -0.25) is 0 Å². The van der Waals surface area contributed by atoms with Crippen LogP contribution in [0.4, 0.5) is 5.69 Å². The smallest absolute Gasteiger partial charge is 0.537 e. The highest BCUT2D eigenvalue weighted by atomic mass is 16.5. The van der Waals surface area contributed by atoms with E-state index in [4.69, 9.17) is 15.9 Å². The molecule has 67 valence electrons. The van der Waals surface area contributed by atoms with E-state index >= 15 is 0 Å². The summed E-state index contributed by atoms with van der Waals surface area (Å²) in [6.45, 7) is 0. The van der Waals surface area contributed by atoms with Crippen LogP contribution in [-0.2, 0) is 0 Å². The molecule has 0 amide bonds. The van der Waals surface area contributed by atoms with Gasteiger partial charge in [0.05, 0.1) is 5.56 Å². The number of aromatic carboxylic acids is 1. The standard InChI is InChI=1S/C7H7BNO4/c9-5-1-4(7(10)11)2-6(3-5)13-8-12/h1-3,12H,9H2,(H,10,11). The Morgan fingerprint density at radius 3 is 2.69 bits per heavy atom. The second kappa shape index (κ2) is 3.82. The van der Waals surface area contributed by atoms with Crippen LogP contribution < -0.4 is 10.4 Å². The summed E-state index contributed by atoms with van der Waals surface area (Å²) in [5.41, 5.74) is 5.66. The first-order valence-electron chi connectivity index (χ1n) is 3.40. The van der Waals surface area contributed by atoms with Crippen molar-refractivity contribution in [1.82, 2.24) is 0 Å². The molecule has 0 bridgehead atoms. The maximum absolute atomic E-state index is 10.5. The molecule has 1 aromatic rings. The van der Waals surface area contributed by atoms with Crippen molar-refractivity contribution in [3.05, 3.63) is 23.8 Å². The summed E-state index contributed by atoms with van der Waals surface area (Å²) in [5, 5.41) is 16.9. The highest BCUT2D eigenvalue weighted by Crippen LogP contribution is 2.18. The summed E-state index contributed by atoms with van der Waals surface area (Å²) in [5.74, 6) is -0.921. The Kier molecular flexibility index (Phi) is 2.76. The van der Waals surface area contributed by atoms with Crippen molar-refractivity contribution in [1.29, 1.82) is 0 Å². The number of nitrogens with two attached hydrogens (primary N) is 1. The van der Waals surface area contributed by atoms with E-state index in [1.54, 1.807) is 0 Å². The first-order chi connectivity index (χ1) is 6.13. The zero-order valence-corrected chi connectivity index (χ0v) is 6.60. The predicted molar refractivity (Wildman–Crippen MR) is 46.4 cm³/mol. The Hall–Kier alpha value is -1.69. The molecular formula is C7H7BNO4. The normalized spacial score (nSPS) is 9.31. The van der Waals surface area contributed by atoms with Crippen LogP contribution in [0.15, 0.2) is 18.2 Å². The van der Waals surface area contributed by atoms with Gasteiger partial charge in [0, 0.05) is 11.8 Å². The largest absolute Gasteiger partial charge is 0.569 e. The molecule has 0 saturated carbocycles. The van der Waals surface area contributed by atoms with Crippen molar-refractivity contribution in [3.63, 3.8) is 0 Å². The highest BCUT2D eigenvalue weighted by molar-refractivity contribution is 6.17. The molecule has 0 saturated heterocycles. The number of benzene rings is 1.